The van der Waals surface area contributed by atoms with E-state index in [4.69, 9.17) is 11.7 Å². The molecule has 0 fully saturated rings. The summed E-state index contributed by atoms with van der Waals surface area (Å²) in [4.78, 5) is 0.174. The van der Waals surface area contributed by atoms with Crippen molar-refractivity contribution in [3.8, 4) is 18.4 Å². The fraction of sp³-hybridized carbons (Fsp3) is 0.357. The molecule has 0 amide bonds. The lowest BCUT2D eigenvalue weighted by Crippen LogP contribution is -2.32. The highest BCUT2D eigenvalue weighted by molar-refractivity contribution is 7.89. The summed E-state index contributed by atoms with van der Waals surface area (Å²) >= 11 is 0. The third-order valence-electron chi connectivity index (χ3n) is 2.70. The molecule has 0 aromatic heterocycles. The van der Waals surface area contributed by atoms with Crippen molar-refractivity contribution in [3.63, 3.8) is 0 Å². The van der Waals surface area contributed by atoms with Gasteiger partial charge in [0.15, 0.2) is 0 Å². The van der Waals surface area contributed by atoms with Gasteiger partial charge in [-0.1, -0.05) is 12.8 Å². The number of terminal acetylenes is 1. The number of sulfonamides is 1. The van der Waals surface area contributed by atoms with Gasteiger partial charge in [0, 0.05) is 6.54 Å². The van der Waals surface area contributed by atoms with Crippen LogP contribution in [0.5, 0.6) is 0 Å². The van der Waals surface area contributed by atoms with Gasteiger partial charge < -0.3 is 0 Å². The Bertz CT molecular complexity index is 636. The lowest BCUT2D eigenvalue weighted by molar-refractivity contribution is 0.445. The monoisotopic (exact) mass is 276 g/mol. The predicted molar refractivity (Wildman–Crippen MR) is 73.8 cm³/mol. The van der Waals surface area contributed by atoms with Crippen LogP contribution in [0, 0.1) is 30.6 Å². The summed E-state index contributed by atoms with van der Waals surface area (Å²) in [6.07, 6.45) is 5.90. The van der Waals surface area contributed by atoms with E-state index in [1.54, 1.807) is 6.92 Å². The van der Waals surface area contributed by atoms with Crippen molar-refractivity contribution < 1.29 is 8.42 Å². The first-order valence-electron chi connectivity index (χ1n) is 5.91. The van der Waals surface area contributed by atoms with Crippen molar-refractivity contribution in [3.05, 3.63) is 29.3 Å². The van der Waals surface area contributed by atoms with Gasteiger partial charge in [0.25, 0.3) is 0 Å². The molecule has 0 aliphatic carbocycles. The second-order valence-corrected chi connectivity index (χ2v) is 6.07. The summed E-state index contributed by atoms with van der Waals surface area (Å²) in [5.41, 5.74) is 1.11. The number of hydrogen-bond donors (Lipinski definition) is 0. The molecule has 19 heavy (non-hydrogen) atoms. The molecule has 0 saturated carbocycles. The zero-order valence-electron chi connectivity index (χ0n) is 11.0. The van der Waals surface area contributed by atoms with Gasteiger partial charge >= 0.3 is 0 Å². The van der Waals surface area contributed by atoms with Gasteiger partial charge in [0.05, 0.1) is 23.1 Å². The Hall–Kier alpha value is -1.82. The lowest BCUT2D eigenvalue weighted by atomic mass is 10.1. The van der Waals surface area contributed by atoms with Gasteiger partial charge in [0.1, 0.15) is 0 Å². The molecule has 0 heterocycles. The predicted octanol–water partition coefficient (Wildman–Crippen LogP) is 1.90. The average molecular weight is 276 g/mol. The molecule has 0 spiro atoms. The third kappa shape index (κ3) is 3.35. The SMILES string of the molecule is C#CCN(CCC)S(=O)(=O)c1ccc(C#N)c(C)c1. The molecule has 1 aromatic rings. The van der Waals surface area contributed by atoms with E-state index in [2.05, 4.69) is 5.92 Å². The number of hydrogen-bond acceptors (Lipinski definition) is 3. The maximum atomic E-state index is 12.4. The van der Waals surface area contributed by atoms with E-state index >= 15 is 0 Å². The van der Waals surface area contributed by atoms with Crippen molar-refractivity contribution in [1.29, 1.82) is 5.26 Å². The molecule has 0 aliphatic rings. The van der Waals surface area contributed by atoms with Crippen LogP contribution in [0.3, 0.4) is 0 Å². The summed E-state index contributed by atoms with van der Waals surface area (Å²) in [6, 6.07) is 6.48. The number of benzene rings is 1. The van der Waals surface area contributed by atoms with Crippen molar-refractivity contribution in [2.75, 3.05) is 13.1 Å². The van der Waals surface area contributed by atoms with Crippen LogP contribution >= 0.6 is 0 Å². The largest absolute Gasteiger partial charge is 0.243 e. The molecule has 0 radical (unpaired) electrons. The minimum Gasteiger partial charge on any atom is -0.207 e. The maximum absolute atomic E-state index is 12.4. The van der Waals surface area contributed by atoms with Gasteiger partial charge in [-0.05, 0) is 37.1 Å². The first-order valence-corrected chi connectivity index (χ1v) is 7.35. The minimum atomic E-state index is -3.59. The first kappa shape index (κ1) is 15.2. The van der Waals surface area contributed by atoms with Crippen molar-refractivity contribution in [1.82, 2.24) is 4.31 Å². The summed E-state index contributed by atoms with van der Waals surface area (Å²) < 4.78 is 26.1. The van der Waals surface area contributed by atoms with Crippen LogP contribution < -0.4 is 0 Å². The molecule has 1 rings (SSSR count). The van der Waals surface area contributed by atoms with Crippen LogP contribution in [0.15, 0.2) is 23.1 Å². The van der Waals surface area contributed by atoms with Gasteiger partial charge in [-0.2, -0.15) is 9.57 Å². The van der Waals surface area contributed by atoms with Crippen LogP contribution in [0.2, 0.25) is 0 Å². The number of nitrogens with zero attached hydrogens (tertiary/aromatic N) is 2. The van der Waals surface area contributed by atoms with Crippen molar-refractivity contribution in [2.45, 2.75) is 25.2 Å². The average Bonchev–Trinajstić information content (AvgIpc) is 2.38. The van der Waals surface area contributed by atoms with Crippen LogP contribution in [-0.2, 0) is 10.0 Å². The minimum absolute atomic E-state index is 0.0508. The van der Waals surface area contributed by atoms with E-state index in [0.717, 1.165) is 0 Å². The smallest absolute Gasteiger partial charge is 0.207 e. The molecule has 0 N–H and O–H groups in total. The van der Waals surface area contributed by atoms with Gasteiger partial charge in [-0.15, -0.1) is 6.42 Å². The Kier molecular flexibility index (Phi) is 5.11. The van der Waals surface area contributed by atoms with Crippen LogP contribution in [0.25, 0.3) is 0 Å². The summed E-state index contributed by atoms with van der Waals surface area (Å²) in [6.45, 7) is 4.03. The highest BCUT2D eigenvalue weighted by Crippen LogP contribution is 2.19. The Morgan fingerprint density at radius 3 is 2.58 bits per heavy atom. The van der Waals surface area contributed by atoms with E-state index in [1.165, 1.54) is 22.5 Å². The summed E-state index contributed by atoms with van der Waals surface area (Å²) in [5, 5.41) is 8.85. The fourth-order valence-corrected chi connectivity index (χ4v) is 3.24. The van der Waals surface area contributed by atoms with Gasteiger partial charge in [-0.25, -0.2) is 8.42 Å². The molecule has 0 bridgehead atoms. The summed E-state index contributed by atoms with van der Waals surface area (Å²) in [5.74, 6) is 2.36. The molecule has 0 unspecified atom stereocenters. The molecule has 0 aliphatic heterocycles. The number of aryl methyl sites for hydroxylation is 1. The quantitative estimate of drug-likeness (QED) is 0.772. The number of nitriles is 1. The normalized spacial score (nSPS) is 11.0. The van der Waals surface area contributed by atoms with Crippen LogP contribution in [0.4, 0.5) is 0 Å². The Morgan fingerprint density at radius 1 is 1.42 bits per heavy atom. The van der Waals surface area contributed by atoms with Gasteiger partial charge in [0.2, 0.25) is 10.0 Å². The third-order valence-corrected chi connectivity index (χ3v) is 4.54. The molecule has 0 atom stereocenters. The second kappa shape index (κ2) is 6.38. The Morgan fingerprint density at radius 2 is 2.11 bits per heavy atom. The highest BCUT2D eigenvalue weighted by atomic mass is 32.2. The summed E-state index contributed by atoms with van der Waals surface area (Å²) in [7, 11) is -3.59. The zero-order valence-corrected chi connectivity index (χ0v) is 11.9. The number of rotatable bonds is 5. The Balaban J connectivity index is 3.23. The van der Waals surface area contributed by atoms with E-state index < -0.39 is 10.0 Å². The van der Waals surface area contributed by atoms with Gasteiger partial charge in [-0.3, -0.25) is 0 Å². The fourth-order valence-electron chi connectivity index (χ4n) is 1.71. The van der Waals surface area contributed by atoms with Crippen LogP contribution in [0.1, 0.15) is 24.5 Å². The zero-order chi connectivity index (χ0) is 14.5. The molecule has 100 valence electrons. The molecular weight excluding hydrogens is 260 g/mol. The van der Waals surface area contributed by atoms with Crippen molar-refractivity contribution >= 4 is 10.0 Å². The van der Waals surface area contributed by atoms with Crippen LogP contribution in [-0.4, -0.2) is 25.8 Å². The topological polar surface area (TPSA) is 61.2 Å². The van der Waals surface area contributed by atoms with E-state index in [0.29, 0.717) is 24.1 Å². The standard InChI is InChI=1S/C14H16N2O2S/c1-4-8-16(9-5-2)19(17,18)14-7-6-13(11-15)12(3)10-14/h1,6-7,10H,5,8-9H2,2-3H3. The molecule has 0 saturated heterocycles. The maximum Gasteiger partial charge on any atom is 0.243 e. The Labute approximate surface area is 114 Å². The molecular formula is C14H16N2O2S. The van der Waals surface area contributed by atoms with E-state index in [9.17, 15) is 8.42 Å². The molecule has 1 aromatic carbocycles. The van der Waals surface area contributed by atoms with E-state index in [1.807, 2.05) is 13.0 Å². The molecule has 5 heteroatoms. The van der Waals surface area contributed by atoms with Crippen molar-refractivity contribution in [2.24, 2.45) is 0 Å². The highest BCUT2D eigenvalue weighted by Gasteiger charge is 2.23. The second-order valence-electron chi connectivity index (χ2n) is 4.13. The first-order chi connectivity index (χ1) is 8.97. The van der Waals surface area contributed by atoms with E-state index in [-0.39, 0.29) is 11.4 Å². The lowest BCUT2D eigenvalue weighted by Gasteiger charge is -2.19. The molecule has 4 nitrogen and oxygen atoms in total.